The third-order valence-electron chi connectivity index (χ3n) is 4.91. The molecule has 0 bridgehead atoms. The van der Waals surface area contributed by atoms with E-state index in [1.165, 1.54) is 89.9 Å². The molecule has 2 nitrogen and oxygen atoms in total. The minimum atomic E-state index is 0.416. The van der Waals surface area contributed by atoms with Crippen LogP contribution in [-0.2, 0) is 9.47 Å². The summed E-state index contributed by atoms with van der Waals surface area (Å²) < 4.78 is 11.2. The second kappa shape index (κ2) is 15.4. The first-order valence-electron chi connectivity index (χ1n) is 10.6. The SMILES string of the molecule is CCCCCCCCCCCCCCCC1OC1COCCC. The van der Waals surface area contributed by atoms with Crippen molar-refractivity contribution in [3.05, 3.63) is 0 Å². The predicted octanol–water partition coefficient (Wildman–Crippen LogP) is 6.66. The highest BCUT2D eigenvalue weighted by atomic mass is 16.6. The minimum absolute atomic E-state index is 0.416. The summed E-state index contributed by atoms with van der Waals surface area (Å²) in [4.78, 5) is 0. The van der Waals surface area contributed by atoms with Gasteiger partial charge in [-0.2, -0.15) is 0 Å². The smallest absolute Gasteiger partial charge is 0.107 e. The van der Waals surface area contributed by atoms with E-state index >= 15 is 0 Å². The van der Waals surface area contributed by atoms with Crippen LogP contribution in [0.3, 0.4) is 0 Å². The summed E-state index contributed by atoms with van der Waals surface area (Å²) in [5, 5.41) is 0. The van der Waals surface area contributed by atoms with Crippen LogP contribution >= 0.6 is 0 Å². The topological polar surface area (TPSA) is 21.8 Å². The second-order valence-corrected chi connectivity index (χ2v) is 7.32. The van der Waals surface area contributed by atoms with Gasteiger partial charge in [-0.05, 0) is 12.8 Å². The maximum Gasteiger partial charge on any atom is 0.107 e. The summed E-state index contributed by atoms with van der Waals surface area (Å²) in [5.74, 6) is 0. The van der Waals surface area contributed by atoms with Crippen molar-refractivity contribution in [1.82, 2.24) is 0 Å². The molecule has 2 heteroatoms. The van der Waals surface area contributed by atoms with Gasteiger partial charge in [0, 0.05) is 6.61 Å². The van der Waals surface area contributed by atoms with Gasteiger partial charge in [0.1, 0.15) is 6.10 Å². The molecule has 138 valence electrons. The lowest BCUT2D eigenvalue weighted by Gasteiger charge is -2.03. The van der Waals surface area contributed by atoms with Crippen molar-refractivity contribution in [1.29, 1.82) is 0 Å². The fourth-order valence-corrected chi connectivity index (χ4v) is 3.29. The average Bonchev–Trinajstić information content (AvgIpc) is 3.30. The Hall–Kier alpha value is -0.0800. The molecule has 1 heterocycles. The zero-order chi connectivity index (χ0) is 16.6. The predicted molar refractivity (Wildman–Crippen MR) is 100 cm³/mol. The molecule has 0 aromatic heterocycles. The maximum absolute atomic E-state index is 5.65. The molecule has 1 rings (SSSR count). The van der Waals surface area contributed by atoms with Crippen LogP contribution in [0, 0.1) is 0 Å². The molecular formula is C21H42O2. The monoisotopic (exact) mass is 326 g/mol. The van der Waals surface area contributed by atoms with Crippen molar-refractivity contribution >= 4 is 0 Å². The number of ether oxygens (including phenoxy) is 2. The molecule has 0 N–H and O–H groups in total. The van der Waals surface area contributed by atoms with E-state index < -0.39 is 0 Å². The molecule has 1 saturated heterocycles. The first-order chi connectivity index (χ1) is 11.4. The highest BCUT2D eigenvalue weighted by molar-refractivity contribution is 4.84. The number of rotatable bonds is 18. The summed E-state index contributed by atoms with van der Waals surface area (Å²) in [6.07, 6.45) is 21.9. The number of hydrogen-bond acceptors (Lipinski definition) is 2. The van der Waals surface area contributed by atoms with Crippen molar-refractivity contribution in [2.75, 3.05) is 13.2 Å². The quantitative estimate of drug-likeness (QED) is 0.207. The molecular weight excluding hydrogens is 284 g/mol. The van der Waals surface area contributed by atoms with E-state index in [-0.39, 0.29) is 0 Å². The maximum atomic E-state index is 5.65. The first-order valence-corrected chi connectivity index (χ1v) is 10.6. The standard InChI is InChI=1S/C21H42O2/c1-3-5-6-7-8-9-10-11-12-13-14-15-16-17-20-21(23-20)19-22-18-4-2/h20-21H,3-19H2,1-2H3. The van der Waals surface area contributed by atoms with Crippen molar-refractivity contribution in [3.63, 3.8) is 0 Å². The van der Waals surface area contributed by atoms with Gasteiger partial charge in [0.2, 0.25) is 0 Å². The van der Waals surface area contributed by atoms with Gasteiger partial charge >= 0.3 is 0 Å². The van der Waals surface area contributed by atoms with E-state index in [0.717, 1.165) is 19.6 Å². The van der Waals surface area contributed by atoms with Gasteiger partial charge in [-0.15, -0.1) is 0 Å². The van der Waals surface area contributed by atoms with E-state index in [9.17, 15) is 0 Å². The summed E-state index contributed by atoms with van der Waals surface area (Å²) >= 11 is 0. The lowest BCUT2D eigenvalue weighted by atomic mass is 10.0. The zero-order valence-corrected chi connectivity index (χ0v) is 16.0. The van der Waals surface area contributed by atoms with Gasteiger partial charge in [-0.25, -0.2) is 0 Å². The van der Waals surface area contributed by atoms with Crippen LogP contribution in [0.15, 0.2) is 0 Å². The highest BCUT2D eigenvalue weighted by Crippen LogP contribution is 2.27. The molecule has 0 amide bonds. The largest absolute Gasteiger partial charge is 0.379 e. The molecule has 1 aliphatic rings. The molecule has 1 fully saturated rings. The number of hydrogen-bond donors (Lipinski definition) is 0. The van der Waals surface area contributed by atoms with Crippen molar-refractivity contribution < 1.29 is 9.47 Å². The van der Waals surface area contributed by atoms with E-state index in [1.54, 1.807) is 0 Å². The van der Waals surface area contributed by atoms with Crippen molar-refractivity contribution in [2.45, 2.75) is 122 Å². The average molecular weight is 327 g/mol. The Morgan fingerprint density at radius 2 is 1.13 bits per heavy atom. The molecule has 0 aliphatic carbocycles. The van der Waals surface area contributed by atoms with Gasteiger partial charge in [0.05, 0.1) is 12.7 Å². The third-order valence-corrected chi connectivity index (χ3v) is 4.91. The Bertz CT molecular complexity index is 242. The molecule has 23 heavy (non-hydrogen) atoms. The van der Waals surface area contributed by atoms with Crippen molar-refractivity contribution in [3.8, 4) is 0 Å². The summed E-state index contributed by atoms with van der Waals surface area (Å²) in [6.45, 7) is 6.14. The van der Waals surface area contributed by atoms with E-state index in [2.05, 4.69) is 13.8 Å². The molecule has 0 spiro atoms. The number of epoxide rings is 1. The summed E-state index contributed by atoms with van der Waals surface area (Å²) in [7, 11) is 0. The molecule has 2 atom stereocenters. The Morgan fingerprint density at radius 3 is 1.65 bits per heavy atom. The molecule has 0 saturated carbocycles. The molecule has 0 aromatic rings. The van der Waals surface area contributed by atoms with E-state index in [0.29, 0.717) is 12.2 Å². The van der Waals surface area contributed by atoms with Crippen LogP contribution < -0.4 is 0 Å². The van der Waals surface area contributed by atoms with Gasteiger partial charge in [0.25, 0.3) is 0 Å². The van der Waals surface area contributed by atoms with Crippen LogP contribution in [0.5, 0.6) is 0 Å². The Kier molecular flexibility index (Phi) is 14.1. The fraction of sp³-hybridized carbons (Fsp3) is 1.00. The molecule has 1 aliphatic heterocycles. The highest BCUT2D eigenvalue weighted by Gasteiger charge is 2.37. The zero-order valence-electron chi connectivity index (χ0n) is 16.0. The summed E-state index contributed by atoms with van der Waals surface area (Å²) in [5.41, 5.74) is 0. The Morgan fingerprint density at radius 1 is 0.609 bits per heavy atom. The molecule has 0 aromatic carbocycles. The van der Waals surface area contributed by atoms with E-state index in [4.69, 9.17) is 9.47 Å². The van der Waals surface area contributed by atoms with Crippen LogP contribution in [0.25, 0.3) is 0 Å². The lowest BCUT2D eigenvalue weighted by Crippen LogP contribution is -2.05. The van der Waals surface area contributed by atoms with Crippen molar-refractivity contribution in [2.24, 2.45) is 0 Å². The van der Waals surface area contributed by atoms with E-state index in [1.807, 2.05) is 0 Å². The lowest BCUT2D eigenvalue weighted by molar-refractivity contribution is 0.117. The van der Waals surface area contributed by atoms with Crippen LogP contribution in [0.1, 0.15) is 110 Å². The molecule has 0 radical (unpaired) electrons. The third kappa shape index (κ3) is 12.9. The van der Waals surface area contributed by atoms with Gasteiger partial charge < -0.3 is 9.47 Å². The summed E-state index contributed by atoms with van der Waals surface area (Å²) in [6, 6.07) is 0. The second-order valence-electron chi connectivity index (χ2n) is 7.32. The number of unbranched alkanes of at least 4 members (excludes halogenated alkanes) is 12. The Balaban J connectivity index is 1.68. The minimum Gasteiger partial charge on any atom is -0.379 e. The van der Waals surface area contributed by atoms with Crippen LogP contribution in [-0.4, -0.2) is 25.4 Å². The Labute approximate surface area is 145 Å². The first kappa shape index (κ1) is 21.0. The molecule has 2 unspecified atom stereocenters. The van der Waals surface area contributed by atoms with Gasteiger partial charge in [0.15, 0.2) is 0 Å². The fourth-order valence-electron chi connectivity index (χ4n) is 3.29. The van der Waals surface area contributed by atoms with Crippen LogP contribution in [0.4, 0.5) is 0 Å². The van der Waals surface area contributed by atoms with Gasteiger partial charge in [-0.3, -0.25) is 0 Å². The van der Waals surface area contributed by atoms with Crippen LogP contribution in [0.2, 0.25) is 0 Å². The van der Waals surface area contributed by atoms with Gasteiger partial charge in [-0.1, -0.05) is 97.3 Å². The normalized spacial score (nSPS) is 20.1.